The minimum absolute atomic E-state index is 0.0856. The lowest BCUT2D eigenvalue weighted by molar-refractivity contribution is -0.120. The molecule has 0 spiro atoms. The van der Waals surface area contributed by atoms with Gasteiger partial charge in [0.15, 0.2) is 0 Å². The average molecular weight is 389 g/mol. The van der Waals surface area contributed by atoms with E-state index in [9.17, 15) is 10.1 Å². The first-order chi connectivity index (χ1) is 12.1. The zero-order chi connectivity index (χ0) is 17.8. The highest BCUT2D eigenvalue weighted by molar-refractivity contribution is 8.02. The molecule has 2 aromatic carbocycles. The lowest BCUT2D eigenvalue weighted by Crippen LogP contribution is -2.30. The van der Waals surface area contributed by atoms with Gasteiger partial charge in [0.25, 0.3) is 0 Å². The zero-order valence-electron chi connectivity index (χ0n) is 13.1. The molecule has 25 heavy (non-hydrogen) atoms. The molecule has 126 valence electrons. The first-order valence-corrected chi connectivity index (χ1v) is 9.38. The molecular formula is C19H14Cl2N2OS. The molecule has 6 heteroatoms. The normalized spacial score (nSPS) is 17.2. The number of amides is 1. The molecule has 1 heterocycles. The van der Waals surface area contributed by atoms with Crippen LogP contribution in [0, 0.1) is 11.3 Å². The van der Waals surface area contributed by atoms with Crippen molar-refractivity contribution in [3.05, 3.63) is 80.3 Å². The van der Waals surface area contributed by atoms with E-state index in [0.29, 0.717) is 26.4 Å². The van der Waals surface area contributed by atoms with Crippen molar-refractivity contribution in [2.45, 2.75) is 18.1 Å². The molecule has 0 saturated carbocycles. The van der Waals surface area contributed by atoms with E-state index in [4.69, 9.17) is 23.2 Å². The van der Waals surface area contributed by atoms with Crippen LogP contribution in [0.3, 0.4) is 0 Å². The summed E-state index contributed by atoms with van der Waals surface area (Å²) in [4.78, 5) is 12.1. The Morgan fingerprint density at radius 2 is 1.96 bits per heavy atom. The van der Waals surface area contributed by atoms with E-state index in [1.807, 2.05) is 36.4 Å². The summed E-state index contributed by atoms with van der Waals surface area (Å²) in [7, 11) is 0. The van der Waals surface area contributed by atoms with Crippen molar-refractivity contribution in [1.29, 1.82) is 5.26 Å². The fourth-order valence-corrected chi connectivity index (χ4v) is 4.33. The number of hydrogen-bond donors (Lipinski definition) is 1. The van der Waals surface area contributed by atoms with Crippen molar-refractivity contribution in [3.8, 4) is 6.07 Å². The molecule has 0 aliphatic carbocycles. The number of nitriles is 1. The highest BCUT2D eigenvalue weighted by atomic mass is 35.5. The van der Waals surface area contributed by atoms with E-state index >= 15 is 0 Å². The summed E-state index contributed by atoms with van der Waals surface area (Å²) in [6, 6.07) is 17.2. The summed E-state index contributed by atoms with van der Waals surface area (Å²) < 4.78 is 0. The molecule has 0 bridgehead atoms. The predicted octanol–water partition coefficient (Wildman–Crippen LogP) is 5.27. The smallest absolute Gasteiger partial charge is 0.225 e. The first kappa shape index (κ1) is 17.9. The van der Waals surface area contributed by atoms with Gasteiger partial charge >= 0.3 is 0 Å². The lowest BCUT2D eigenvalue weighted by atomic mass is 9.87. The van der Waals surface area contributed by atoms with Crippen LogP contribution >= 0.6 is 35.0 Å². The zero-order valence-corrected chi connectivity index (χ0v) is 15.5. The number of halogens is 2. The minimum Gasteiger partial charge on any atom is -0.320 e. The Morgan fingerprint density at radius 1 is 1.20 bits per heavy atom. The number of hydrogen-bond acceptors (Lipinski definition) is 3. The second-order valence-electron chi connectivity index (χ2n) is 5.59. The van der Waals surface area contributed by atoms with Crippen molar-refractivity contribution in [3.63, 3.8) is 0 Å². The number of carbonyl (C=O) groups is 1. The molecule has 1 aliphatic rings. The highest BCUT2D eigenvalue weighted by Crippen LogP contribution is 2.37. The maximum absolute atomic E-state index is 12.1. The summed E-state index contributed by atoms with van der Waals surface area (Å²) in [6.45, 7) is 0. The van der Waals surface area contributed by atoms with Gasteiger partial charge in [-0.05, 0) is 23.3 Å². The van der Waals surface area contributed by atoms with Crippen LogP contribution in [0.2, 0.25) is 10.0 Å². The van der Waals surface area contributed by atoms with Gasteiger partial charge < -0.3 is 5.32 Å². The Balaban J connectivity index is 1.88. The average Bonchev–Trinajstić information content (AvgIpc) is 2.61. The van der Waals surface area contributed by atoms with E-state index in [1.54, 1.807) is 12.1 Å². The lowest BCUT2D eigenvalue weighted by Gasteiger charge is -2.25. The van der Waals surface area contributed by atoms with Gasteiger partial charge in [0, 0.05) is 28.1 Å². The quantitative estimate of drug-likeness (QED) is 0.776. The summed E-state index contributed by atoms with van der Waals surface area (Å²) in [5.41, 5.74) is 2.45. The third-order valence-corrected chi connectivity index (χ3v) is 5.60. The van der Waals surface area contributed by atoms with Crippen LogP contribution in [0.25, 0.3) is 0 Å². The van der Waals surface area contributed by atoms with Crippen LogP contribution < -0.4 is 5.32 Å². The molecule has 3 rings (SSSR count). The Hall–Kier alpha value is -1.93. The van der Waals surface area contributed by atoms with E-state index in [0.717, 1.165) is 11.1 Å². The maximum atomic E-state index is 12.1. The molecule has 1 aliphatic heterocycles. The third-order valence-electron chi connectivity index (χ3n) is 3.95. The van der Waals surface area contributed by atoms with Crippen molar-refractivity contribution >= 4 is 40.9 Å². The van der Waals surface area contributed by atoms with Gasteiger partial charge in [0.05, 0.1) is 16.7 Å². The second-order valence-corrected chi connectivity index (χ2v) is 7.42. The largest absolute Gasteiger partial charge is 0.320 e. The number of nitrogens with zero attached hydrogens (tertiary/aromatic N) is 1. The molecule has 0 saturated heterocycles. The molecule has 1 N–H and O–H groups in total. The summed E-state index contributed by atoms with van der Waals surface area (Å²) in [5, 5.41) is 14.2. The molecular weight excluding hydrogens is 375 g/mol. The predicted molar refractivity (Wildman–Crippen MR) is 102 cm³/mol. The van der Waals surface area contributed by atoms with Crippen LogP contribution in [-0.2, 0) is 10.5 Å². The van der Waals surface area contributed by atoms with Gasteiger partial charge in [-0.2, -0.15) is 5.26 Å². The van der Waals surface area contributed by atoms with E-state index in [-0.39, 0.29) is 18.2 Å². The van der Waals surface area contributed by atoms with Crippen LogP contribution in [-0.4, -0.2) is 5.91 Å². The number of benzene rings is 2. The third kappa shape index (κ3) is 4.19. The van der Waals surface area contributed by atoms with Crippen molar-refractivity contribution in [2.24, 2.45) is 0 Å². The van der Waals surface area contributed by atoms with Crippen molar-refractivity contribution < 1.29 is 4.79 Å². The molecule has 0 radical (unpaired) electrons. The van der Waals surface area contributed by atoms with Crippen LogP contribution in [0.4, 0.5) is 0 Å². The topological polar surface area (TPSA) is 52.9 Å². The van der Waals surface area contributed by atoms with Crippen LogP contribution in [0.5, 0.6) is 0 Å². The monoisotopic (exact) mass is 388 g/mol. The Bertz CT molecular complexity index is 875. The fourth-order valence-electron chi connectivity index (χ4n) is 2.69. The highest BCUT2D eigenvalue weighted by Gasteiger charge is 2.29. The van der Waals surface area contributed by atoms with Gasteiger partial charge in [0.1, 0.15) is 0 Å². The second kappa shape index (κ2) is 7.97. The van der Waals surface area contributed by atoms with Gasteiger partial charge in [-0.1, -0.05) is 59.6 Å². The van der Waals surface area contributed by atoms with Crippen LogP contribution in [0.15, 0.2) is 59.1 Å². The number of rotatable bonds is 4. The fraction of sp³-hybridized carbons (Fsp3) is 0.158. The molecule has 1 atom stereocenters. The SMILES string of the molecule is N#CC1=C(SCc2ccc(Cl)cc2Cl)NC(=O)C[C@@H]1c1ccccc1. The number of thioether (sulfide) groups is 1. The molecule has 2 aromatic rings. The first-order valence-electron chi connectivity index (χ1n) is 7.64. The number of nitrogens with one attached hydrogen (secondary N) is 1. The van der Waals surface area contributed by atoms with Crippen molar-refractivity contribution in [2.75, 3.05) is 0 Å². The minimum atomic E-state index is -0.219. The van der Waals surface area contributed by atoms with Crippen LogP contribution in [0.1, 0.15) is 23.5 Å². The number of allylic oxidation sites excluding steroid dienone is 1. The Labute approximate surface area is 160 Å². The van der Waals surface area contributed by atoms with E-state index < -0.39 is 0 Å². The molecule has 3 nitrogen and oxygen atoms in total. The molecule has 0 fully saturated rings. The summed E-state index contributed by atoms with van der Waals surface area (Å²) in [6.07, 6.45) is 0.276. The standard InChI is InChI=1S/C19H14Cl2N2OS/c20-14-7-6-13(17(21)8-14)11-25-19-16(10-22)15(9-18(24)23-19)12-4-2-1-3-5-12/h1-8,15H,9,11H2,(H,23,24)/t15-/m1/s1. The van der Waals surface area contributed by atoms with E-state index in [2.05, 4.69) is 11.4 Å². The van der Waals surface area contributed by atoms with Gasteiger partial charge in [-0.3, -0.25) is 4.79 Å². The van der Waals surface area contributed by atoms with Gasteiger partial charge in [0.2, 0.25) is 5.91 Å². The van der Waals surface area contributed by atoms with Crippen molar-refractivity contribution in [1.82, 2.24) is 5.32 Å². The maximum Gasteiger partial charge on any atom is 0.225 e. The molecule has 0 aromatic heterocycles. The molecule has 1 amide bonds. The van der Waals surface area contributed by atoms with Gasteiger partial charge in [-0.15, -0.1) is 11.8 Å². The summed E-state index contributed by atoms with van der Waals surface area (Å²) >= 11 is 13.5. The Morgan fingerprint density at radius 3 is 2.64 bits per heavy atom. The Kier molecular flexibility index (Phi) is 5.70. The van der Waals surface area contributed by atoms with Gasteiger partial charge in [-0.25, -0.2) is 0 Å². The number of carbonyl (C=O) groups excluding carboxylic acids is 1. The van der Waals surface area contributed by atoms with E-state index in [1.165, 1.54) is 11.8 Å². The summed E-state index contributed by atoms with van der Waals surface area (Å²) in [5.74, 6) is 0.235. The molecule has 0 unspecified atom stereocenters.